The summed E-state index contributed by atoms with van der Waals surface area (Å²) in [5.74, 6) is 1.68. The van der Waals surface area contributed by atoms with E-state index in [0.717, 1.165) is 11.8 Å². The van der Waals surface area contributed by atoms with E-state index in [4.69, 9.17) is 0 Å². The number of hydrogen-bond donors (Lipinski definition) is 0. The molecule has 0 aliphatic carbocycles. The van der Waals surface area contributed by atoms with Gasteiger partial charge in [0.05, 0.1) is 0 Å². The van der Waals surface area contributed by atoms with Gasteiger partial charge in [-0.15, -0.1) is 0 Å². The largest absolute Gasteiger partial charge is 0.0622 e. The lowest BCUT2D eigenvalue weighted by Gasteiger charge is -2.31. The summed E-state index contributed by atoms with van der Waals surface area (Å²) in [7, 11) is 0. The topological polar surface area (TPSA) is 0 Å². The zero-order valence-electron chi connectivity index (χ0n) is 11.6. The average molecular weight is 198 g/mol. The van der Waals surface area contributed by atoms with Gasteiger partial charge in [0, 0.05) is 0 Å². The molecule has 0 heteroatoms. The monoisotopic (exact) mass is 198 g/mol. The molecule has 0 aliphatic rings. The van der Waals surface area contributed by atoms with Crippen molar-refractivity contribution in [1.29, 1.82) is 0 Å². The molecule has 2 unspecified atom stereocenters. The molecule has 14 heavy (non-hydrogen) atoms. The van der Waals surface area contributed by atoms with Crippen LogP contribution in [0, 0.1) is 22.7 Å². The Morgan fingerprint density at radius 2 is 0.857 bits per heavy atom. The van der Waals surface area contributed by atoms with E-state index in [1.807, 2.05) is 0 Å². The first-order valence-corrected chi connectivity index (χ1v) is 6.01. The highest BCUT2D eigenvalue weighted by atomic mass is 14.3. The van der Waals surface area contributed by atoms with Gasteiger partial charge in [0.1, 0.15) is 0 Å². The zero-order valence-corrected chi connectivity index (χ0v) is 11.6. The van der Waals surface area contributed by atoms with Gasteiger partial charge in [0.2, 0.25) is 0 Å². The van der Waals surface area contributed by atoms with Crippen molar-refractivity contribution in [3.63, 3.8) is 0 Å². The van der Waals surface area contributed by atoms with Gasteiger partial charge < -0.3 is 0 Å². The molecule has 0 spiro atoms. The third-order valence-electron chi connectivity index (χ3n) is 2.84. The van der Waals surface area contributed by atoms with E-state index < -0.39 is 0 Å². The minimum atomic E-state index is 0.478. The third kappa shape index (κ3) is 7.41. The lowest BCUT2D eigenvalue weighted by atomic mass is 9.74. The van der Waals surface area contributed by atoms with Gasteiger partial charge >= 0.3 is 0 Å². The van der Waals surface area contributed by atoms with Crippen molar-refractivity contribution >= 4 is 0 Å². The van der Waals surface area contributed by atoms with Crippen LogP contribution < -0.4 is 0 Å². The maximum atomic E-state index is 2.40. The summed E-state index contributed by atoms with van der Waals surface area (Å²) in [6.07, 6.45) is 2.68. The van der Waals surface area contributed by atoms with E-state index in [2.05, 4.69) is 55.4 Å². The molecule has 0 heterocycles. The zero-order chi connectivity index (χ0) is 11.6. The molecule has 0 fully saturated rings. The Morgan fingerprint density at radius 3 is 1.00 bits per heavy atom. The maximum Gasteiger partial charge on any atom is -0.0380 e. The summed E-state index contributed by atoms with van der Waals surface area (Å²) in [6.45, 7) is 18.9. The Balaban J connectivity index is 4.07. The predicted molar refractivity (Wildman–Crippen MR) is 66.5 cm³/mol. The molecule has 0 saturated carbocycles. The van der Waals surface area contributed by atoms with Crippen molar-refractivity contribution in [3.05, 3.63) is 0 Å². The van der Waals surface area contributed by atoms with Gasteiger partial charge in [0.25, 0.3) is 0 Å². The molecule has 0 saturated heterocycles. The molecule has 0 aromatic rings. The molecule has 0 N–H and O–H groups in total. The van der Waals surface area contributed by atoms with Crippen LogP contribution in [-0.2, 0) is 0 Å². The van der Waals surface area contributed by atoms with Crippen molar-refractivity contribution in [1.82, 2.24) is 0 Å². The lowest BCUT2D eigenvalue weighted by Crippen LogP contribution is -2.21. The molecule has 0 amide bonds. The predicted octanol–water partition coefficient (Wildman–Crippen LogP) is 5.13. The van der Waals surface area contributed by atoms with Crippen molar-refractivity contribution in [2.24, 2.45) is 22.7 Å². The van der Waals surface area contributed by atoms with Crippen molar-refractivity contribution in [2.75, 3.05) is 0 Å². The average Bonchev–Trinajstić information content (AvgIpc) is 1.78. The fraction of sp³-hybridized carbons (Fsp3) is 1.00. The lowest BCUT2D eigenvalue weighted by molar-refractivity contribution is 0.196. The van der Waals surface area contributed by atoms with Crippen LogP contribution in [0.15, 0.2) is 0 Å². The van der Waals surface area contributed by atoms with Crippen LogP contribution in [0.2, 0.25) is 0 Å². The minimum Gasteiger partial charge on any atom is -0.0622 e. The molecule has 86 valence electrons. The second-order valence-corrected chi connectivity index (χ2v) is 7.48. The Morgan fingerprint density at radius 1 is 0.643 bits per heavy atom. The number of hydrogen-bond acceptors (Lipinski definition) is 0. The third-order valence-corrected chi connectivity index (χ3v) is 2.84. The van der Waals surface area contributed by atoms with Gasteiger partial charge in [-0.2, -0.15) is 0 Å². The Bertz CT molecular complexity index is 134. The fourth-order valence-corrected chi connectivity index (χ4v) is 2.33. The van der Waals surface area contributed by atoms with Crippen LogP contribution in [0.5, 0.6) is 0 Å². The van der Waals surface area contributed by atoms with Crippen LogP contribution in [0.25, 0.3) is 0 Å². The summed E-state index contributed by atoms with van der Waals surface area (Å²) < 4.78 is 0. The van der Waals surface area contributed by atoms with E-state index in [1.165, 1.54) is 12.8 Å². The Hall–Kier alpha value is 0. The molecule has 0 nitrogen and oxygen atoms in total. The molecule has 2 atom stereocenters. The summed E-state index contributed by atoms with van der Waals surface area (Å²) in [5, 5.41) is 0. The molecule has 0 rings (SSSR count). The second kappa shape index (κ2) is 4.68. The highest BCUT2D eigenvalue weighted by Gasteiger charge is 2.23. The van der Waals surface area contributed by atoms with E-state index in [-0.39, 0.29) is 0 Å². The van der Waals surface area contributed by atoms with E-state index in [1.54, 1.807) is 0 Å². The van der Waals surface area contributed by atoms with Crippen LogP contribution in [0.4, 0.5) is 0 Å². The second-order valence-electron chi connectivity index (χ2n) is 7.48. The van der Waals surface area contributed by atoms with Crippen molar-refractivity contribution in [2.45, 2.75) is 68.2 Å². The van der Waals surface area contributed by atoms with E-state index >= 15 is 0 Å². The first-order chi connectivity index (χ1) is 6.01. The van der Waals surface area contributed by atoms with Gasteiger partial charge in [0.15, 0.2) is 0 Å². The van der Waals surface area contributed by atoms with Crippen LogP contribution in [-0.4, -0.2) is 0 Å². The van der Waals surface area contributed by atoms with E-state index in [0.29, 0.717) is 10.8 Å². The first-order valence-electron chi connectivity index (χ1n) is 6.01. The summed E-state index contributed by atoms with van der Waals surface area (Å²) in [4.78, 5) is 0. The first kappa shape index (κ1) is 14.0. The molecule has 0 aliphatic heterocycles. The molecule has 0 bridgehead atoms. The molecular weight excluding hydrogens is 168 g/mol. The van der Waals surface area contributed by atoms with Gasteiger partial charge in [-0.3, -0.25) is 0 Å². The molecule has 0 aromatic heterocycles. The van der Waals surface area contributed by atoms with Crippen molar-refractivity contribution < 1.29 is 0 Å². The number of rotatable bonds is 3. The fourth-order valence-electron chi connectivity index (χ4n) is 2.33. The van der Waals surface area contributed by atoms with Crippen LogP contribution in [0.3, 0.4) is 0 Å². The highest BCUT2D eigenvalue weighted by Crippen LogP contribution is 2.34. The minimum absolute atomic E-state index is 0.478. The van der Waals surface area contributed by atoms with Crippen LogP contribution >= 0.6 is 0 Å². The SMILES string of the molecule is CC(CC(C)(C)C)C(C)CC(C)(C)C. The Labute approximate surface area is 91.5 Å². The highest BCUT2D eigenvalue weighted by molar-refractivity contribution is 4.74. The maximum absolute atomic E-state index is 2.40. The normalized spacial score (nSPS) is 18.0. The summed E-state index contributed by atoms with van der Waals surface area (Å²) in [6, 6.07) is 0. The van der Waals surface area contributed by atoms with Crippen molar-refractivity contribution in [3.8, 4) is 0 Å². The standard InChI is InChI=1S/C14H30/c1-11(9-13(3,4)5)12(2)10-14(6,7)8/h11-12H,9-10H2,1-8H3. The summed E-state index contributed by atoms with van der Waals surface area (Å²) in [5.41, 5.74) is 0.955. The summed E-state index contributed by atoms with van der Waals surface area (Å²) >= 11 is 0. The van der Waals surface area contributed by atoms with Gasteiger partial charge in [-0.1, -0.05) is 55.4 Å². The van der Waals surface area contributed by atoms with Crippen LogP contribution in [0.1, 0.15) is 68.2 Å². The van der Waals surface area contributed by atoms with Gasteiger partial charge in [-0.25, -0.2) is 0 Å². The van der Waals surface area contributed by atoms with E-state index in [9.17, 15) is 0 Å². The smallest absolute Gasteiger partial charge is 0.0380 e. The molecular formula is C14H30. The molecule has 0 radical (unpaired) electrons. The van der Waals surface area contributed by atoms with Gasteiger partial charge in [-0.05, 0) is 35.5 Å². The molecule has 0 aromatic carbocycles. The quantitative estimate of drug-likeness (QED) is 0.589. The Kier molecular flexibility index (Phi) is 4.68.